The van der Waals surface area contributed by atoms with Gasteiger partial charge in [0.15, 0.2) is 5.69 Å². The van der Waals surface area contributed by atoms with E-state index in [0.29, 0.717) is 16.9 Å². The predicted octanol–water partition coefficient (Wildman–Crippen LogP) is 3.15. The van der Waals surface area contributed by atoms with Crippen molar-refractivity contribution in [3.8, 4) is 0 Å². The standard InChI is InChI=1S/C17H21N3O3/c1-10(2)13-9-14(20-19-13)15(21)18-12-7-5-11(6-8-12)17(3,4)16(22)23/h5-10H,1-4H3,(H,18,21)(H,19,20)(H,22,23). The van der Waals surface area contributed by atoms with E-state index in [4.69, 9.17) is 0 Å². The first-order valence-corrected chi connectivity index (χ1v) is 7.42. The quantitative estimate of drug-likeness (QED) is 0.790. The van der Waals surface area contributed by atoms with Gasteiger partial charge in [0, 0.05) is 11.4 Å². The zero-order chi connectivity index (χ0) is 17.2. The lowest BCUT2D eigenvalue weighted by Crippen LogP contribution is -2.28. The molecule has 0 atom stereocenters. The summed E-state index contributed by atoms with van der Waals surface area (Å²) in [7, 11) is 0. The van der Waals surface area contributed by atoms with Crippen molar-refractivity contribution in [2.45, 2.75) is 39.0 Å². The van der Waals surface area contributed by atoms with Gasteiger partial charge >= 0.3 is 5.97 Å². The molecule has 1 heterocycles. The molecule has 1 aromatic heterocycles. The Kier molecular flexibility index (Phi) is 4.54. The molecule has 1 aromatic carbocycles. The van der Waals surface area contributed by atoms with E-state index in [9.17, 15) is 14.7 Å². The van der Waals surface area contributed by atoms with Crippen LogP contribution in [0.2, 0.25) is 0 Å². The molecular formula is C17H21N3O3. The van der Waals surface area contributed by atoms with Crippen LogP contribution in [0, 0.1) is 0 Å². The zero-order valence-electron chi connectivity index (χ0n) is 13.7. The highest BCUT2D eigenvalue weighted by atomic mass is 16.4. The number of carboxylic acid groups (broad SMARTS) is 1. The number of aliphatic carboxylic acids is 1. The van der Waals surface area contributed by atoms with Crippen LogP contribution in [-0.4, -0.2) is 27.2 Å². The number of nitrogens with one attached hydrogen (secondary N) is 2. The van der Waals surface area contributed by atoms with Crippen molar-refractivity contribution < 1.29 is 14.7 Å². The van der Waals surface area contributed by atoms with E-state index in [0.717, 1.165) is 5.69 Å². The normalized spacial score (nSPS) is 11.5. The van der Waals surface area contributed by atoms with Crippen LogP contribution in [-0.2, 0) is 10.2 Å². The Bertz CT molecular complexity index is 715. The van der Waals surface area contributed by atoms with E-state index in [1.807, 2.05) is 13.8 Å². The van der Waals surface area contributed by atoms with E-state index in [-0.39, 0.29) is 11.8 Å². The monoisotopic (exact) mass is 315 g/mol. The van der Waals surface area contributed by atoms with Gasteiger partial charge in [0.2, 0.25) is 0 Å². The van der Waals surface area contributed by atoms with E-state index in [1.54, 1.807) is 44.2 Å². The molecule has 0 aliphatic heterocycles. The van der Waals surface area contributed by atoms with Gasteiger partial charge in [-0.2, -0.15) is 5.10 Å². The second-order valence-corrected chi connectivity index (χ2v) is 6.32. The number of nitrogens with zero attached hydrogens (tertiary/aromatic N) is 1. The Morgan fingerprint density at radius 3 is 2.30 bits per heavy atom. The fraction of sp³-hybridized carbons (Fsp3) is 0.353. The van der Waals surface area contributed by atoms with Gasteiger partial charge in [0.25, 0.3) is 5.91 Å². The molecule has 0 bridgehead atoms. The van der Waals surface area contributed by atoms with Crippen LogP contribution in [0.4, 0.5) is 5.69 Å². The number of aromatic amines is 1. The summed E-state index contributed by atoms with van der Waals surface area (Å²) in [6.07, 6.45) is 0. The molecule has 0 radical (unpaired) electrons. The molecular weight excluding hydrogens is 294 g/mol. The predicted molar refractivity (Wildman–Crippen MR) is 87.7 cm³/mol. The highest BCUT2D eigenvalue weighted by Crippen LogP contribution is 2.25. The van der Waals surface area contributed by atoms with Gasteiger partial charge in [0.05, 0.1) is 5.41 Å². The van der Waals surface area contributed by atoms with Crippen LogP contribution in [0.25, 0.3) is 0 Å². The molecule has 1 amide bonds. The van der Waals surface area contributed by atoms with Crippen LogP contribution in [0.5, 0.6) is 0 Å². The number of amides is 1. The molecule has 0 aliphatic carbocycles. The second-order valence-electron chi connectivity index (χ2n) is 6.32. The minimum Gasteiger partial charge on any atom is -0.481 e. The Morgan fingerprint density at radius 1 is 1.22 bits per heavy atom. The number of carboxylic acids is 1. The number of carbonyl (C=O) groups excluding carboxylic acids is 1. The fourth-order valence-electron chi connectivity index (χ4n) is 2.04. The average Bonchev–Trinajstić information content (AvgIpc) is 2.97. The van der Waals surface area contributed by atoms with Crippen LogP contribution in [0.3, 0.4) is 0 Å². The van der Waals surface area contributed by atoms with Crippen molar-refractivity contribution >= 4 is 17.6 Å². The van der Waals surface area contributed by atoms with Gasteiger partial charge in [-0.1, -0.05) is 26.0 Å². The smallest absolute Gasteiger partial charge is 0.313 e. The van der Waals surface area contributed by atoms with Gasteiger partial charge in [0.1, 0.15) is 0 Å². The van der Waals surface area contributed by atoms with E-state index >= 15 is 0 Å². The number of aromatic nitrogens is 2. The van der Waals surface area contributed by atoms with Crippen molar-refractivity contribution in [1.29, 1.82) is 0 Å². The molecule has 0 unspecified atom stereocenters. The van der Waals surface area contributed by atoms with Crippen molar-refractivity contribution in [2.75, 3.05) is 5.32 Å². The van der Waals surface area contributed by atoms with Crippen LogP contribution < -0.4 is 5.32 Å². The fourth-order valence-corrected chi connectivity index (χ4v) is 2.04. The highest BCUT2D eigenvalue weighted by Gasteiger charge is 2.29. The van der Waals surface area contributed by atoms with Gasteiger partial charge in [-0.3, -0.25) is 14.7 Å². The third kappa shape index (κ3) is 3.59. The Balaban J connectivity index is 2.11. The Labute approximate surface area is 134 Å². The lowest BCUT2D eigenvalue weighted by Gasteiger charge is -2.19. The maximum Gasteiger partial charge on any atom is 0.313 e. The molecule has 6 nitrogen and oxygen atoms in total. The summed E-state index contributed by atoms with van der Waals surface area (Å²) in [6.45, 7) is 7.30. The molecule has 23 heavy (non-hydrogen) atoms. The number of rotatable bonds is 5. The number of hydrogen-bond donors (Lipinski definition) is 3. The molecule has 0 aliphatic rings. The van der Waals surface area contributed by atoms with Crippen molar-refractivity contribution in [3.63, 3.8) is 0 Å². The van der Waals surface area contributed by atoms with E-state index in [1.165, 1.54) is 0 Å². The number of carbonyl (C=O) groups is 2. The molecule has 3 N–H and O–H groups in total. The lowest BCUT2D eigenvalue weighted by atomic mass is 9.85. The summed E-state index contributed by atoms with van der Waals surface area (Å²) in [5, 5.41) is 18.8. The van der Waals surface area contributed by atoms with E-state index in [2.05, 4.69) is 15.5 Å². The lowest BCUT2D eigenvalue weighted by molar-refractivity contribution is -0.142. The van der Waals surface area contributed by atoms with Gasteiger partial charge in [-0.05, 0) is 43.5 Å². The topological polar surface area (TPSA) is 95.1 Å². The first-order valence-electron chi connectivity index (χ1n) is 7.42. The summed E-state index contributed by atoms with van der Waals surface area (Å²) in [5.74, 6) is -0.938. The number of anilines is 1. The summed E-state index contributed by atoms with van der Waals surface area (Å²) in [5.41, 5.74) is 1.51. The first kappa shape index (κ1) is 16.7. The molecule has 0 spiro atoms. The average molecular weight is 315 g/mol. The highest BCUT2D eigenvalue weighted by molar-refractivity contribution is 6.02. The molecule has 122 valence electrons. The van der Waals surface area contributed by atoms with Gasteiger partial charge in [-0.25, -0.2) is 0 Å². The van der Waals surface area contributed by atoms with E-state index < -0.39 is 11.4 Å². The van der Waals surface area contributed by atoms with Crippen LogP contribution >= 0.6 is 0 Å². The number of hydrogen-bond acceptors (Lipinski definition) is 3. The molecule has 0 saturated carbocycles. The molecule has 2 rings (SSSR count). The van der Waals surface area contributed by atoms with Crippen LogP contribution in [0.1, 0.15) is 55.4 Å². The van der Waals surface area contributed by atoms with Crippen molar-refractivity contribution in [2.24, 2.45) is 0 Å². The van der Waals surface area contributed by atoms with Gasteiger partial charge in [-0.15, -0.1) is 0 Å². The second kappa shape index (κ2) is 6.24. The third-order valence-electron chi connectivity index (χ3n) is 3.85. The number of H-pyrrole nitrogens is 1. The molecule has 0 fully saturated rings. The Hall–Kier alpha value is -2.63. The first-order chi connectivity index (χ1) is 10.7. The largest absolute Gasteiger partial charge is 0.481 e. The van der Waals surface area contributed by atoms with Crippen molar-refractivity contribution in [3.05, 3.63) is 47.3 Å². The minimum atomic E-state index is -0.975. The third-order valence-corrected chi connectivity index (χ3v) is 3.85. The minimum absolute atomic E-state index is 0.265. The summed E-state index contributed by atoms with van der Waals surface area (Å²) in [6, 6.07) is 8.51. The maximum atomic E-state index is 12.2. The SMILES string of the molecule is CC(C)c1cc(C(=O)Nc2ccc(C(C)(C)C(=O)O)cc2)n[nH]1. The number of benzene rings is 1. The summed E-state index contributed by atoms with van der Waals surface area (Å²) in [4.78, 5) is 23.4. The molecule has 6 heteroatoms. The Morgan fingerprint density at radius 2 is 1.83 bits per heavy atom. The molecule has 2 aromatic rings. The van der Waals surface area contributed by atoms with Crippen LogP contribution in [0.15, 0.2) is 30.3 Å². The maximum absolute atomic E-state index is 12.2. The van der Waals surface area contributed by atoms with Gasteiger partial charge < -0.3 is 10.4 Å². The summed E-state index contributed by atoms with van der Waals surface area (Å²) >= 11 is 0. The van der Waals surface area contributed by atoms with Crippen molar-refractivity contribution in [1.82, 2.24) is 10.2 Å². The summed E-state index contributed by atoms with van der Waals surface area (Å²) < 4.78 is 0. The zero-order valence-corrected chi connectivity index (χ0v) is 13.7. The molecule has 0 saturated heterocycles.